The van der Waals surface area contributed by atoms with Crippen LogP contribution < -0.4 is 0 Å². The molecule has 1 aromatic rings. The van der Waals surface area contributed by atoms with Gasteiger partial charge in [-0.1, -0.05) is 19.4 Å². The summed E-state index contributed by atoms with van der Waals surface area (Å²) in [6.45, 7) is 6.90. The summed E-state index contributed by atoms with van der Waals surface area (Å²) in [5.41, 5.74) is 2.64. The minimum absolute atomic E-state index is 0.565. The summed E-state index contributed by atoms with van der Waals surface area (Å²) in [6, 6.07) is 4.78. The summed E-state index contributed by atoms with van der Waals surface area (Å²) in [7, 11) is 0. The average molecular weight is 218 g/mol. The van der Waals surface area contributed by atoms with Crippen molar-refractivity contribution in [3.05, 3.63) is 29.6 Å². The zero-order valence-corrected chi connectivity index (χ0v) is 10.4. The van der Waals surface area contributed by atoms with Crippen LogP contribution in [0.15, 0.2) is 18.3 Å². The molecule has 1 aliphatic heterocycles. The van der Waals surface area contributed by atoms with Crippen LogP contribution in [0.3, 0.4) is 0 Å². The van der Waals surface area contributed by atoms with Crippen molar-refractivity contribution in [1.29, 1.82) is 0 Å². The molecule has 0 amide bonds. The Kier molecular flexibility index (Phi) is 3.94. The molecule has 1 aromatic heterocycles. The molecule has 1 atom stereocenters. The van der Waals surface area contributed by atoms with Gasteiger partial charge in [-0.15, -0.1) is 0 Å². The SMILES string of the molecule is CCCN1CCCCC1c1ncccc1C. The highest BCUT2D eigenvalue weighted by atomic mass is 15.2. The number of hydrogen-bond donors (Lipinski definition) is 0. The van der Waals surface area contributed by atoms with Crippen LogP contribution >= 0.6 is 0 Å². The Morgan fingerprint density at radius 2 is 2.31 bits per heavy atom. The van der Waals surface area contributed by atoms with Crippen molar-refractivity contribution < 1.29 is 0 Å². The van der Waals surface area contributed by atoms with Gasteiger partial charge in [0.25, 0.3) is 0 Å². The molecule has 0 N–H and O–H groups in total. The van der Waals surface area contributed by atoms with E-state index in [1.165, 1.54) is 50.0 Å². The lowest BCUT2D eigenvalue weighted by Gasteiger charge is -2.35. The highest BCUT2D eigenvalue weighted by Gasteiger charge is 2.24. The summed E-state index contributed by atoms with van der Waals surface area (Å²) in [5.74, 6) is 0. The number of piperidine rings is 1. The standard InChI is InChI=1S/C14H22N2/c1-3-10-16-11-5-4-8-13(16)14-12(2)7-6-9-15-14/h6-7,9,13H,3-5,8,10-11H2,1-2H3. The van der Waals surface area contributed by atoms with Crippen LogP contribution in [0, 0.1) is 6.92 Å². The van der Waals surface area contributed by atoms with E-state index in [0.717, 1.165) is 0 Å². The second-order valence-electron chi connectivity index (χ2n) is 4.75. The molecule has 2 heteroatoms. The van der Waals surface area contributed by atoms with Gasteiger partial charge in [0.2, 0.25) is 0 Å². The van der Waals surface area contributed by atoms with Gasteiger partial charge in [0.1, 0.15) is 0 Å². The lowest BCUT2D eigenvalue weighted by molar-refractivity contribution is 0.145. The Labute approximate surface area is 98.7 Å². The molecular formula is C14H22N2. The molecule has 0 spiro atoms. The van der Waals surface area contributed by atoms with E-state index < -0.39 is 0 Å². The Bertz CT molecular complexity index is 333. The number of aryl methyl sites for hydroxylation is 1. The van der Waals surface area contributed by atoms with Crippen LogP contribution in [-0.2, 0) is 0 Å². The van der Waals surface area contributed by atoms with Crippen molar-refractivity contribution in [3.63, 3.8) is 0 Å². The molecule has 0 aliphatic carbocycles. The maximum atomic E-state index is 4.59. The Morgan fingerprint density at radius 1 is 1.44 bits per heavy atom. The molecule has 0 radical (unpaired) electrons. The smallest absolute Gasteiger partial charge is 0.0604 e. The summed E-state index contributed by atoms with van der Waals surface area (Å²) < 4.78 is 0. The monoisotopic (exact) mass is 218 g/mol. The van der Waals surface area contributed by atoms with Crippen LogP contribution in [0.4, 0.5) is 0 Å². The van der Waals surface area contributed by atoms with Crippen molar-refractivity contribution in [2.24, 2.45) is 0 Å². The van der Waals surface area contributed by atoms with Gasteiger partial charge >= 0.3 is 0 Å². The normalized spacial score (nSPS) is 22.2. The van der Waals surface area contributed by atoms with E-state index in [9.17, 15) is 0 Å². The minimum Gasteiger partial charge on any atom is -0.295 e. The second-order valence-corrected chi connectivity index (χ2v) is 4.75. The molecule has 0 bridgehead atoms. The van der Waals surface area contributed by atoms with Crippen molar-refractivity contribution in [2.75, 3.05) is 13.1 Å². The predicted molar refractivity (Wildman–Crippen MR) is 67.4 cm³/mol. The van der Waals surface area contributed by atoms with Crippen LogP contribution in [-0.4, -0.2) is 23.0 Å². The van der Waals surface area contributed by atoms with E-state index in [1.54, 1.807) is 0 Å². The van der Waals surface area contributed by atoms with E-state index in [-0.39, 0.29) is 0 Å². The molecule has 2 nitrogen and oxygen atoms in total. The molecule has 0 saturated carbocycles. The number of nitrogens with zero attached hydrogens (tertiary/aromatic N) is 2. The van der Waals surface area contributed by atoms with Crippen molar-refractivity contribution >= 4 is 0 Å². The van der Waals surface area contributed by atoms with E-state index >= 15 is 0 Å². The van der Waals surface area contributed by atoms with Crippen molar-refractivity contribution in [2.45, 2.75) is 45.6 Å². The van der Waals surface area contributed by atoms with E-state index in [4.69, 9.17) is 0 Å². The van der Waals surface area contributed by atoms with Gasteiger partial charge in [0.05, 0.1) is 11.7 Å². The number of pyridine rings is 1. The zero-order valence-electron chi connectivity index (χ0n) is 10.4. The van der Waals surface area contributed by atoms with Gasteiger partial charge in [-0.2, -0.15) is 0 Å². The minimum atomic E-state index is 0.565. The highest BCUT2D eigenvalue weighted by molar-refractivity contribution is 5.21. The lowest BCUT2D eigenvalue weighted by atomic mass is 9.96. The van der Waals surface area contributed by atoms with E-state index in [0.29, 0.717) is 6.04 Å². The Morgan fingerprint density at radius 3 is 3.06 bits per heavy atom. The van der Waals surface area contributed by atoms with Gasteiger partial charge in [-0.25, -0.2) is 0 Å². The predicted octanol–water partition coefficient (Wildman–Crippen LogP) is 3.33. The molecule has 2 rings (SSSR count). The largest absolute Gasteiger partial charge is 0.295 e. The summed E-state index contributed by atoms with van der Waals surface area (Å²) >= 11 is 0. The summed E-state index contributed by atoms with van der Waals surface area (Å²) in [5, 5.41) is 0. The molecule has 16 heavy (non-hydrogen) atoms. The maximum absolute atomic E-state index is 4.59. The molecule has 0 aromatic carbocycles. The Hall–Kier alpha value is -0.890. The molecular weight excluding hydrogens is 196 g/mol. The first-order valence-electron chi connectivity index (χ1n) is 6.48. The number of rotatable bonds is 3. The quantitative estimate of drug-likeness (QED) is 0.773. The van der Waals surface area contributed by atoms with Crippen LogP contribution in [0.1, 0.15) is 49.9 Å². The molecule has 1 aliphatic rings. The molecule has 1 fully saturated rings. The van der Waals surface area contributed by atoms with Gasteiger partial charge in [0.15, 0.2) is 0 Å². The fraction of sp³-hybridized carbons (Fsp3) is 0.643. The summed E-state index contributed by atoms with van der Waals surface area (Å²) in [6.07, 6.45) is 7.14. The molecule has 1 saturated heterocycles. The van der Waals surface area contributed by atoms with Crippen molar-refractivity contribution in [3.8, 4) is 0 Å². The van der Waals surface area contributed by atoms with Crippen LogP contribution in [0.2, 0.25) is 0 Å². The zero-order chi connectivity index (χ0) is 11.4. The van der Waals surface area contributed by atoms with Crippen LogP contribution in [0.25, 0.3) is 0 Å². The van der Waals surface area contributed by atoms with E-state index in [2.05, 4.69) is 29.8 Å². The third-order valence-corrected chi connectivity index (χ3v) is 3.49. The fourth-order valence-corrected chi connectivity index (χ4v) is 2.70. The first-order valence-corrected chi connectivity index (χ1v) is 6.48. The number of aromatic nitrogens is 1. The highest BCUT2D eigenvalue weighted by Crippen LogP contribution is 2.31. The second kappa shape index (κ2) is 5.44. The topological polar surface area (TPSA) is 16.1 Å². The van der Waals surface area contributed by atoms with Crippen molar-refractivity contribution in [1.82, 2.24) is 9.88 Å². The first-order chi connectivity index (χ1) is 7.83. The van der Waals surface area contributed by atoms with Crippen LogP contribution in [0.5, 0.6) is 0 Å². The fourth-order valence-electron chi connectivity index (χ4n) is 2.70. The Balaban J connectivity index is 2.19. The lowest BCUT2D eigenvalue weighted by Crippen LogP contribution is -2.34. The number of likely N-dealkylation sites (tertiary alicyclic amines) is 1. The average Bonchev–Trinajstić information content (AvgIpc) is 2.31. The summed E-state index contributed by atoms with van der Waals surface area (Å²) in [4.78, 5) is 7.20. The third kappa shape index (κ3) is 2.43. The van der Waals surface area contributed by atoms with E-state index in [1.807, 2.05) is 12.3 Å². The third-order valence-electron chi connectivity index (χ3n) is 3.49. The van der Waals surface area contributed by atoms with Gasteiger partial charge in [-0.05, 0) is 50.9 Å². The molecule has 2 heterocycles. The van der Waals surface area contributed by atoms with Gasteiger partial charge in [-0.3, -0.25) is 9.88 Å². The van der Waals surface area contributed by atoms with Gasteiger partial charge in [0, 0.05) is 6.20 Å². The first kappa shape index (κ1) is 11.6. The number of hydrogen-bond acceptors (Lipinski definition) is 2. The van der Waals surface area contributed by atoms with Gasteiger partial charge < -0.3 is 0 Å². The molecule has 88 valence electrons. The molecule has 1 unspecified atom stereocenters. The maximum Gasteiger partial charge on any atom is 0.0604 e.